The topological polar surface area (TPSA) is 163 Å². The molecule has 1 aliphatic heterocycles. The maximum absolute atomic E-state index is 14.2. The summed E-state index contributed by atoms with van der Waals surface area (Å²) in [5.74, 6) is -5.27. The first-order valence-corrected chi connectivity index (χ1v) is 16.5. The summed E-state index contributed by atoms with van der Waals surface area (Å²) < 4.78 is 45.0. The van der Waals surface area contributed by atoms with E-state index in [4.69, 9.17) is 4.74 Å². The van der Waals surface area contributed by atoms with Gasteiger partial charge in [-0.15, -0.1) is 6.58 Å². The molecule has 5 atom stereocenters. The molecule has 4 N–H and O–H groups in total. The molecule has 5 amide bonds. The number of alkyl halides is 3. The Kier molecular flexibility index (Phi) is 14.9. The van der Waals surface area contributed by atoms with E-state index in [0.29, 0.717) is 6.42 Å². The summed E-state index contributed by atoms with van der Waals surface area (Å²) in [6.07, 6.45) is -5.36. The molecule has 0 aliphatic carbocycles. The lowest BCUT2D eigenvalue weighted by atomic mass is 9.84. The highest BCUT2D eigenvalue weighted by molar-refractivity contribution is 6.38. The third-order valence-electron chi connectivity index (χ3n) is 8.01. The summed E-state index contributed by atoms with van der Waals surface area (Å²) in [5.41, 5.74) is -2.51. The van der Waals surface area contributed by atoms with Crippen LogP contribution in [0.25, 0.3) is 0 Å². The average molecular weight is 704 g/mol. The van der Waals surface area contributed by atoms with Gasteiger partial charge in [-0.3, -0.25) is 19.2 Å². The van der Waals surface area contributed by atoms with Gasteiger partial charge in [-0.25, -0.2) is 9.59 Å². The van der Waals surface area contributed by atoms with Crippen molar-refractivity contribution in [3.05, 3.63) is 12.7 Å². The first kappa shape index (κ1) is 43.4. The highest BCUT2D eigenvalue weighted by Gasteiger charge is 2.48. The largest absolute Gasteiger partial charge is 0.458 e. The molecule has 15 heteroatoms. The zero-order valence-corrected chi connectivity index (χ0v) is 30.7. The number of rotatable bonds is 13. The number of ketones is 1. The van der Waals surface area contributed by atoms with E-state index in [-0.39, 0.29) is 19.0 Å². The van der Waals surface area contributed by atoms with Crippen LogP contribution in [0.4, 0.5) is 18.0 Å². The molecule has 0 aromatic rings. The van der Waals surface area contributed by atoms with E-state index in [1.807, 2.05) is 13.8 Å². The Morgan fingerprint density at radius 1 is 0.878 bits per heavy atom. The van der Waals surface area contributed by atoms with Crippen LogP contribution in [0, 0.1) is 22.7 Å². The third-order valence-corrected chi connectivity index (χ3v) is 8.01. The monoisotopic (exact) mass is 703 g/mol. The third kappa shape index (κ3) is 13.6. The molecular weight excluding hydrogens is 647 g/mol. The molecule has 1 rings (SSSR count). The number of urea groups is 1. The lowest BCUT2D eigenvalue weighted by Gasteiger charge is -2.38. The Balaban J connectivity index is 3.43. The molecular formula is C34H56F3N5O7. The van der Waals surface area contributed by atoms with Crippen LogP contribution in [-0.2, 0) is 28.7 Å². The molecule has 1 heterocycles. The van der Waals surface area contributed by atoms with E-state index < -0.39 is 101 Å². The summed E-state index contributed by atoms with van der Waals surface area (Å²) in [6, 6.07) is -6.17. The second-order valence-electron chi connectivity index (χ2n) is 16.0. The Bertz CT molecular complexity index is 1230. The molecule has 12 nitrogen and oxygen atoms in total. The second kappa shape index (κ2) is 16.8. The van der Waals surface area contributed by atoms with Crippen molar-refractivity contribution < 1.29 is 46.7 Å². The van der Waals surface area contributed by atoms with Crippen LogP contribution >= 0.6 is 0 Å². The molecule has 0 aromatic heterocycles. The molecule has 49 heavy (non-hydrogen) atoms. The number of carbonyl (C=O) groups excluding carboxylic acids is 6. The number of Topliss-reactive ketones (excluding diaryl/α,β-unsaturated/α-hetero) is 1. The molecule has 0 saturated carbocycles. The van der Waals surface area contributed by atoms with Crippen molar-refractivity contribution in [1.82, 2.24) is 26.2 Å². The maximum Gasteiger partial charge on any atom is 0.389 e. The number of esters is 1. The molecule has 1 aliphatic rings. The van der Waals surface area contributed by atoms with Crippen molar-refractivity contribution in [3.63, 3.8) is 0 Å². The van der Waals surface area contributed by atoms with Gasteiger partial charge < -0.3 is 30.9 Å². The van der Waals surface area contributed by atoms with Crippen LogP contribution < -0.4 is 21.3 Å². The highest BCUT2D eigenvalue weighted by Crippen LogP contribution is 2.34. The molecule has 1 fully saturated rings. The molecule has 280 valence electrons. The first-order chi connectivity index (χ1) is 22.1. The summed E-state index contributed by atoms with van der Waals surface area (Å²) in [5, 5.41) is 9.85. The predicted octanol–water partition coefficient (Wildman–Crippen LogP) is 4.03. The Morgan fingerprint density at radius 2 is 1.41 bits per heavy atom. The number of amides is 5. The van der Waals surface area contributed by atoms with Gasteiger partial charge in [0.1, 0.15) is 23.7 Å². The number of carbonyl (C=O) groups is 6. The SMILES string of the molecule is C=CCNC(=O)C(=O)C(CCC(F)(F)F)NC(=O)[C@@H]1[C@@H](C(C)C)CCN1C(=O)[C@@H](NC(=O)N[C@H](C(=O)OC(C)(C)C)C(C)(C)C)C(C)(C)C. The fourth-order valence-electron chi connectivity index (χ4n) is 5.45. The Morgan fingerprint density at radius 3 is 1.86 bits per heavy atom. The fourth-order valence-corrected chi connectivity index (χ4v) is 5.45. The average Bonchev–Trinajstić information content (AvgIpc) is 3.38. The fraction of sp³-hybridized carbons (Fsp3) is 0.765. The quantitative estimate of drug-likeness (QED) is 0.128. The number of halogens is 3. The molecule has 1 saturated heterocycles. The van der Waals surface area contributed by atoms with Gasteiger partial charge in [0, 0.05) is 19.5 Å². The normalized spacial score (nSPS) is 19.0. The zero-order valence-electron chi connectivity index (χ0n) is 30.7. The van der Waals surface area contributed by atoms with Crippen LogP contribution in [0.15, 0.2) is 12.7 Å². The lowest BCUT2D eigenvalue weighted by Crippen LogP contribution is -2.62. The predicted molar refractivity (Wildman–Crippen MR) is 178 cm³/mol. The maximum atomic E-state index is 14.2. The van der Waals surface area contributed by atoms with Gasteiger partial charge in [-0.2, -0.15) is 13.2 Å². The lowest BCUT2D eigenvalue weighted by molar-refractivity contribution is -0.160. The number of nitrogens with one attached hydrogen (secondary N) is 4. The van der Waals surface area contributed by atoms with E-state index in [1.54, 1.807) is 62.3 Å². The number of likely N-dealkylation sites (tertiary alicyclic amines) is 1. The van der Waals surface area contributed by atoms with E-state index in [2.05, 4.69) is 27.8 Å². The van der Waals surface area contributed by atoms with Crippen molar-refractivity contribution in [1.29, 1.82) is 0 Å². The van der Waals surface area contributed by atoms with E-state index in [0.717, 1.165) is 0 Å². The van der Waals surface area contributed by atoms with Crippen molar-refractivity contribution in [2.24, 2.45) is 22.7 Å². The van der Waals surface area contributed by atoms with Crippen molar-refractivity contribution in [2.45, 2.75) is 131 Å². The second-order valence-corrected chi connectivity index (χ2v) is 16.0. The van der Waals surface area contributed by atoms with Crippen molar-refractivity contribution in [3.8, 4) is 0 Å². The summed E-state index contributed by atoms with van der Waals surface area (Å²) in [6.45, 7) is 22.4. The zero-order chi connectivity index (χ0) is 38.3. The standard InChI is InChI=1S/C34H56F3N5O7/c1-13-17-38-27(45)23(43)21(14-16-34(35,36)37)39-26(44)22-20(19(2)3)15-18-42(22)28(46)24(31(4,5)6)40-30(48)41-25(32(7,8)9)29(47)49-33(10,11)12/h13,19-22,24-25H,1,14-18H2,2-12H3,(H,38,45)(H,39,44)(H2,40,41,48)/t20-,21?,22+,24-,25-/m1/s1. The van der Waals surface area contributed by atoms with Gasteiger partial charge in [0.2, 0.25) is 17.6 Å². The summed E-state index contributed by atoms with van der Waals surface area (Å²) >= 11 is 0. The molecule has 0 radical (unpaired) electrons. The first-order valence-electron chi connectivity index (χ1n) is 16.5. The van der Waals surface area contributed by atoms with Gasteiger partial charge in [0.25, 0.3) is 5.91 Å². The Labute approximate surface area is 288 Å². The number of ether oxygens (including phenoxy) is 1. The number of nitrogens with zero attached hydrogens (tertiary/aromatic N) is 1. The molecule has 1 unspecified atom stereocenters. The Hall–Kier alpha value is -3.65. The van der Waals surface area contributed by atoms with Gasteiger partial charge in [-0.05, 0) is 56.3 Å². The smallest absolute Gasteiger partial charge is 0.389 e. The van der Waals surface area contributed by atoms with Gasteiger partial charge in [0.05, 0.1) is 6.04 Å². The highest BCUT2D eigenvalue weighted by atomic mass is 19.4. The van der Waals surface area contributed by atoms with Crippen LogP contribution in [0.5, 0.6) is 0 Å². The molecule has 0 aromatic carbocycles. The van der Waals surface area contributed by atoms with E-state index in [9.17, 15) is 41.9 Å². The van der Waals surface area contributed by atoms with Crippen LogP contribution in [0.1, 0.15) is 95.4 Å². The van der Waals surface area contributed by atoms with Gasteiger partial charge in [0.15, 0.2) is 0 Å². The van der Waals surface area contributed by atoms with Gasteiger partial charge >= 0.3 is 18.2 Å². The molecule has 0 spiro atoms. The van der Waals surface area contributed by atoms with E-state index in [1.165, 1.54) is 11.0 Å². The van der Waals surface area contributed by atoms with Gasteiger partial charge in [-0.1, -0.05) is 61.5 Å². The summed E-state index contributed by atoms with van der Waals surface area (Å²) in [7, 11) is 0. The van der Waals surface area contributed by atoms with Crippen molar-refractivity contribution in [2.75, 3.05) is 13.1 Å². The minimum Gasteiger partial charge on any atom is -0.458 e. The van der Waals surface area contributed by atoms with Crippen LogP contribution in [0.3, 0.4) is 0 Å². The summed E-state index contributed by atoms with van der Waals surface area (Å²) in [4.78, 5) is 81.0. The van der Waals surface area contributed by atoms with Crippen molar-refractivity contribution >= 4 is 35.5 Å². The number of hydrogen-bond donors (Lipinski definition) is 4. The van der Waals surface area contributed by atoms with Crippen LogP contribution in [0.2, 0.25) is 0 Å². The molecule has 0 bridgehead atoms. The minimum atomic E-state index is -4.67. The van der Waals surface area contributed by atoms with E-state index >= 15 is 0 Å². The van der Waals surface area contributed by atoms with Crippen LogP contribution in [-0.4, -0.2) is 89.4 Å². The minimum absolute atomic E-state index is 0.0825. The number of hydrogen-bond acceptors (Lipinski definition) is 7.